The molecule has 0 aliphatic heterocycles. The summed E-state index contributed by atoms with van der Waals surface area (Å²) in [6.45, 7) is 0. The molecule has 2 rings (SSSR count). The largest absolute Gasteiger partial charge is 0.322 e. The smallest absolute Gasteiger partial charge is 0.252 e. The number of fused-ring (bicyclic) bond motifs is 1. The number of alkyl halides is 1. The van der Waals surface area contributed by atoms with Crippen molar-refractivity contribution in [3.05, 3.63) is 45.2 Å². The van der Waals surface area contributed by atoms with Gasteiger partial charge in [-0.1, -0.05) is 17.7 Å². The van der Waals surface area contributed by atoms with Gasteiger partial charge in [-0.25, -0.2) is 0 Å². The fourth-order valence-corrected chi connectivity index (χ4v) is 1.69. The minimum atomic E-state index is -0.158. The number of halogens is 2. The molecule has 4 heteroatoms. The average Bonchev–Trinajstić information content (AvgIpc) is 2.16. The summed E-state index contributed by atoms with van der Waals surface area (Å²) in [5, 5.41) is 1.54. The molecule has 0 aliphatic rings. The highest BCUT2D eigenvalue weighted by Gasteiger charge is 2.01. The first-order chi connectivity index (χ1) is 6.70. The number of aromatic nitrogens is 1. The quantitative estimate of drug-likeness (QED) is 0.748. The van der Waals surface area contributed by atoms with Crippen LogP contribution in [0.4, 0.5) is 0 Å². The summed E-state index contributed by atoms with van der Waals surface area (Å²) >= 11 is 11.4. The van der Waals surface area contributed by atoms with E-state index in [1.54, 1.807) is 18.2 Å². The van der Waals surface area contributed by atoms with Crippen molar-refractivity contribution >= 4 is 34.1 Å². The van der Waals surface area contributed by atoms with Crippen LogP contribution in [0.1, 0.15) is 5.56 Å². The zero-order valence-corrected chi connectivity index (χ0v) is 8.69. The first kappa shape index (κ1) is 9.56. The van der Waals surface area contributed by atoms with E-state index in [9.17, 15) is 4.79 Å². The van der Waals surface area contributed by atoms with Crippen molar-refractivity contribution in [2.45, 2.75) is 5.88 Å². The average molecular weight is 228 g/mol. The van der Waals surface area contributed by atoms with Crippen molar-refractivity contribution < 1.29 is 0 Å². The Kier molecular flexibility index (Phi) is 2.48. The lowest BCUT2D eigenvalue weighted by molar-refractivity contribution is 1.21. The van der Waals surface area contributed by atoms with Gasteiger partial charge in [-0.2, -0.15) is 0 Å². The Labute approximate surface area is 90.5 Å². The molecule has 0 unspecified atom stereocenters. The highest BCUT2D eigenvalue weighted by atomic mass is 35.5. The number of aromatic amines is 1. The van der Waals surface area contributed by atoms with Crippen molar-refractivity contribution in [3.8, 4) is 0 Å². The van der Waals surface area contributed by atoms with Crippen molar-refractivity contribution in [1.29, 1.82) is 0 Å². The van der Waals surface area contributed by atoms with Crippen LogP contribution >= 0.6 is 23.2 Å². The van der Waals surface area contributed by atoms with Gasteiger partial charge in [0.25, 0.3) is 5.56 Å². The molecule has 2 aromatic rings. The van der Waals surface area contributed by atoms with Crippen LogP contribution < -0.4 is 5.56 Å². The highest BCUT2D eigenvalue weighted by molar-refractivity contribution is 6.31. The van der Waals surface area contributed by atoms with Crippen LogP contribution in [0.15, 0.2) is 29.1 Å². The molecular weight excluding hydrogens is 221 g/mol. The molecule has 1 aromatic carbocycles. The Hall–Kier alpha value is -0.990. The normalized spacial score (nSPS) is 10.7. The maximum atomic E-state index is 11.4. The third-order valence-corrected chi connectivity index (χ3v) is 2.55. The second kappa shape index (κ2) is 3.64. The maximum Gasteiger partial charge on any atom is 0.252 e. The second-order valence-corrected chi connectivity index (χ2v) is 3.69. The topological polar surface area (TPSA) is 32.9 Å². The van der Waals surface area contributed by atoms with Crippen molar-refractivity contribution in [1.82, 2.24) is 4.98 Å². The van der Waals surface area contributed by atoms with Crippen LogP contribution in [-0.2, 0) is 5.88 Å². The van der Waals surface area contributed by atoms with Gasteiger partial charge in [-0.05, 0) is 23.6 Å². The van der Waals surface area contributed by atoms with Gasteiger partial charge in [-0.15, -0.1) is 11.6 Å². The third-order valence-electron chi connectivity index (χ3n) is 2.03. The molecule has 0 spiro atoms. The Bertz CT molecular complexity index is 533. The van der Waals surface area contributed by atoms with Crippen molar-refractivity contribution in [2.24, 2.45) is 0 Å². The molecule has 1 heterocycles. The monoisotopic (exact) mass is 227 g/mol. The van der Waals surface area contributed by atoms with Crippen molar-refractivity contribution in [3.63, 3.8) is 0 Å². The van der Waals surface area contributed by atoms with E-state index >= 15 is 0 Å². The zero-order chi connectivity index (χ0) is 10.1. The number of hydrogen-bond donors (Lipinski definition) is 1. The SMILES string of the molecule is O=c1[nH]c2cc(Cl)ccc2cc1CCl. The summed E-state index contributed by atoms with van der Waals surface area (Å²) in [6, 6.07) is 7.12. The first-order valence-electron chi connectivity index (χ1n) is 4.08. The van der Waals surface area contributed by atoms with Crippen LogP contribution in [-0.4, -0.2) is 4.98 Å². The van der Waals surface area contributed by atoms with E-state index in [4.69, 9.17) is 23.2 Å². The predicted octanol–water partition coefficient (Wildman–Crippen LogP) is 2.92. The molecule has 1 aromatic heterocycles. The molecule has 0 fully saturated rings. The molecule has 0 aliphatic carbocycles. The zero-order valence-electron chi connectivity index (χ0n) is 7.18. The van der Waals surface area contributed by atoms with Crippen molar-refractivity contribution in [2.75, 3.05) is 0 Å². The molecule has 0 atom stereocenters. The highest BCUT2D eigenvalue weighted by Crippen LogP contribution is 2.17. The molecular formula is C10H7Cl2NO. The van der Waals surface area contributed by atoms with Gasteiger partial charge in [0.1, 0.15) is 0 Å². The third kappa shape index (κ3) is 1.63. The Balaban J connectivity index is 2.79. The fourth-order valence-electron chi connectivity index (χ4n) is 1.32. The molecule has 2 nitrogen and oxygen atoms in total. The van der Waals surface area contributed by atoms with E-state index in [0.717, 1.165) is 10.9 Å². The Morgan fingerprint density at radius 2 is 2.07 bits per heavy atom. The minimum absolute atomic E-state index is 0.158. The van der Waals surface area contributed by atoms with E-state index in [0.29, 0.717) is 10.6 Å². The molecule has 0 saturated heterocycles. The van der Waals surface area contributed by atoms with E-state index in [-0.39, 0.29) is 11.4 Å². The number of hydrogen-bond acceptors (Lipinski definition) is 1. The van der Waals surface area contributed by atoms with Crippen LogP contribution in [0.3, 0.4) is 0 Å². The molecule has 0 amide bonds. The van der Waals surface area contributed by atoms with E-state index in [1.807, 2.05) is 6.07 Å². The van der Waals surface area contributed by atoms with Gasteiger partial charge in [0.15, 0.2) is 0 Å². The molecule has 0 saturated carbocycles. The second-order valence-electron chi connectivity index (χ2n) is 2.99. The standard InChI is InChI=1S/C10H7Cl2NO/c11-5-7-3-6-1-2-8(12)4-9(6)13-10(7)14/h1-4H,5H2,(H,13,14). The lowest BCUT2D eigenvalue weighted by atomic mass is 10.2. The van der Waals surface area contributed by atoms with E-state index in [2.05, 4.69) is 4.98 Å². The molecule has 72 valence electrons. The number of benzene rings is 1. The van der Waals surface area contributed by atoms with Crippen LogP contribution in [0.2, 0.25) is 5.02 Å². The van der Waals surface area contributed by atoms with Crippen LogP contribution in [0.5, 0.6) is 0 Å². The van der Waals surface area contributed by atoms with Gasteiger partial charge in [0.05, 0.1) is 5.88 Å². The van der Waals surface area contributed by atoms with Crippen LogP contribution in [0.25, 0.3) is 10.9 Å². The number of H-pyrrole nitrogens is 1. The predicted molar refractivity (Wildman–Crippen MR) is 59.1 cm³/mol. The molecule has 14 heavy (non-hydrogen) atoms. The summed E-state index contributed by atoms with van der Waals surface area (Å²) < 4.78 is 0. The minimum Gasteiger partial charge on any atom is -0.322 e. The summed E-state index contributed by atoms with van der Waals surface area (Å²) in [5.41, 5.74) is 1.15. The van der Waals surface area contributed by atoms with Gasteiger partial charge in [0, 0.05) is 16.1 Å². The lowest BCUT2D eigenvalue weighted by Crippen LogP contribution is -2.10. The first-order valence-corrected chi connectivity index (χ1v) is 4.99. The molecule has 0 radical (unpaired) electrons. The van der Waals surface area contributed by atoms with Gasteiger partial charge in [0.2, 0.25) is 0 Å². The summed E-state index contributed by atoms with van der Waals surface area (Å²) in [6.07, 6.45) is 0. The molecule has 1 N–H and O–H groups in total. The maximum absolute atomic E-state index is 11.4. The molecule has 0 bridgehead atoms. The van der Waals surface area contributed by atoms with Crippen LogP contribution in [0, 0.1) is 0 Å². The number of rotatable bonds is 1. The van der Waals surface area contributed by atoms with Gasteiger partial charge < -0.3 is 4.98 Å². The summed E-state index contributed by atoms with van der Waals surface area (Å²) in [5.74, 6) is 0.216. The van der Waals surface area contributed by atoms with Gasteiger partial charge >= 0.3 is 0 Å². The number of nitrogens with one attached hydrogen (secondary N) is 1. The lowest BCUT2D eigenvalue weighted by Gasteiger charge is -2.00. The Morgan fingerprint density at radius 3 is 2.79 bits per heavy atom. The van der Waals surface area contributed by atoms with E-state index < -0.39 is 0 Å². The fraction of sp³-hybridized carbons (Fsp3) is 0.100. The Morgan fingerprint density at radius 1 is 1.29 bits per heavy atom. The summed E-state index contributed by atoms with van der Waals surface area (Å²) in [4.78, 5) is 14.1. The number of pyridine rings is 1. The van der Waals surface area contributed by atoms with Gasteiger partial charge in [-0.3, -0.25) is 4.79 Å². The van der Waals surface area contributed by atoms with E-state index in [1.165, 1.54) is 0 Å². The summed E-state index contributed by atoms with van der Waals surface area (Å²) in [7, 11) is 0.